The van der Waals surface area contributed by atoms with Gasteiger partial charge in [0.1, 0.15) is 0 Å². The third-order valence-electron chi connectivity index (χ3n) is 4.99. The number of hydrogen-bond donors (Lipinski definition) is 3. The lowest BCUT2D eigenvalue weighted by molar-refractivity contribution is -0.149. The third-order valence-corrected chi connectivity index (χ3v) is 4.99. The van der Waals surface area contributed by atoms with Crippen LogP contribution in [0.15, 0.2) is 0 Å². The number of hydrogen-bond acceptors (Lipinski definition) is 4. The van der Waals surface area contributed by atoms with Gasteiger partial charge < -0.3 is 20.5 Å². The van der Waals surface area contributed by atoms with Crippen molar-refractivity contribution >= 4 is 11.9 Å². The van der Waals surface area contributed by atoms with E-state index >= 15 is 0 Å². The van der Waals surface area contributed by atoms with Gasteiger partial charge in [-0.1, -0.05) is 13.8 Å². The van der Waals surface area contributed by atoms with Crippen LogP contribution in [0.1, 0.15) is 74.7 Å². The lowest BCUT2D eigenvalue weighted by atomic mass is 9.74. The highest BCUT2D eigenvalue weighted by atomic mass is 16.5. The summed E-state index contributed by atoms with van der Waals surface area (Å²) in [5.74, 6) is -1.02. The van der Waals surface area contributed by atoms with Gasteiger partial charge in [-0.05, 0) is 67.9 Å². The zero-order valence-corrected chi connectivity index (χ0v) is 18.2. The molecule has 0 rings (SSSR count). The van der Waals surface area contributed by atoms with Crippen molar-refractivity contribution in [3.8, 4) is 0 Å². The van der Waals surface area contributed by atoms with Crippen LogP contribution >= 0.6 is 0 Å². The van der Waals surface area contributed by atoms with Gasteiger partial charge in [-0.15, -0.1) is 0 Å². The van der Waals surface area contributed by atoms with Crippen LogP contribution in [0.2, 0.25) is 0 Å². The van der Waals surface area contributed by atoms with Crippen LogP contribution in [0.5, 0.6) is 0 Å². The Kier molecular flexibility index (Phi) is 8.77. The van der Waals surface area contributed by atoms with E-state index in [9.17, 15) is 14.7 Å². The summed E-state index contributed by atoms with van der Waals surface area (Å²) in [6, 6.07) is 0. The minimum absolute atomic E-state index is 0.0330. The van der Waals surface area contributed by atoms with Crippen LogP contribution in [-0.4, -0.2) is 48.3 Å². The van der Waals surface area contributed by atoms with Crippen molar-refractivity contribution in [3.63, 3.8) is 0 Å². The molecule has 0 bridgehead atoms. The van der Waals surface area contributed by atoms with Crippen molar-refractivity contribution in [2.45, 2.75) is 85.8 Å². The molecule has 6 heteroatoms. The molecule has 1 amide bonds. The van der Waals surface area contributed by atoms with Gasteiger partial charge in [-0.3, -0.25) is 9.59 Å². The first-order chi connectivity index (χ1) is 11.5. The van der Waals surface area contributed by atoms with Crippen LogP contribution in [0.4, 0.5) is 0 Å². The highest BCUT2D eigenvalue weighted by Gasteiger charge is 2.38. The average Bonchev–Trinajstić information content (AvgIpc) is 2.45. The van der Waals surface area contributed by atoms with Gasteiger partial charge in [-0.25, -0.2) is 0 Å². The summed E-state index contributed by atoms with van der Waals surface area (Å²) in [6.45, 7) is 16.3. The van der Waals surface area contributed by atoms with E-state index in [1.807, 2.05) is 20.9 Å². The van der Waals surface area contributed by atoms with E-state index < -0.39 is 16.8 Å². The topological polar surface area (TPSA) is 87.7 Å². The Labute approximate surface area is 159 Å². The van der Waals surface area contributed by atoms with Crippen molar-refractivity contribution in [3.05, 3.63) is 0 Å². The summed E-state index contributed by atoms with van der Waals surface area (Å²) >= 11 is 0. The Morgan fingerprint density at radius 1 is 0.923 bits per heavy atom. The molecule has 0 atom stereocenters. The van der Waals surface area contributed by atoms with Gasteiger partial charge in [0.15, 0.2) is 0 Å². The number of carboxylic acid groups (broad SMARTS) is 1. The molecule has 0 fully saturated rings. The fraction of sp³-hybridized carbons (Fsp3) is 0.900. The van der Waals surface area contributed by atoms with Gasteiger partial charge in [0, 0.05) is 24.1 Å². The van der Waals surface area contributed by atoms with Crippen LogP contribution in [0.25, 0.3) is 0 Å². The zero-order chi connectivity index (χ0) is 20.8. The van der Waals surface area contributed by atoms with Gasteiger partial charge in [-0.2, -0.15) is 0 Å². The standard InChI is InChI=1S/C20H40N2O4/c1-17(2,14-18(3,4)16(24)25)15(23)22-12-10-20(7,8)26-13-11-19(5,6)21-9/h21H,10-14H2,1-9H3,(H,22,23)(H,24,25). The van der Waals surface area contributed by atoms with E-state index in [1.165, 1.54) is 0 Å². The fourth-order valence-corrected chi connectivity index (χ4v) is 2.76. The molecule has 0 saturated heterocycles. The molecule has 0 aliphatic carbocycles. The zero-order valence-electron chi connectivity index (χ0n) is 18.2. The molecule has 0 aliphatic heterocycles. The predicted octanol–water partition coefficient (Wildman–Crippen LogP) is 3.20. The van der Waals surface area contributed by atoms with Crippen molar-refractivity contribution in [1.29, 1.82) is 0 Å². The second kappa shape index (κ2) is 9.18. The van der Waals surface area contributed by atoms with E-state index in [4.69, 9.17) is 4.74 Å². The van der Waals surface area contributed by atoms with E-state index in [-0.39, 0.29) is 23.5 Å². The summed E-state index contributed by atoms with van der Waals surface area (Å²) in [5.41, 5.74) is -1.99. The highest BCUT2D eigenvalue weighted by molar-refractivity contribution is 5.83. The molecule has 0 aromatic carbocycles. The van der Waals surface area contributed by atoms with E-state index in [0.717, 1.165) is 6.42 Å². The van der Waals surface area contributed by atoms with Crippen molar-refractivity contribution < 1.29 is 19.4 Å². The molecule has 154 valence electrons. The summed E-state index contributed by atoms with van der Waals surface area (Å²) in [5, 5.41) is 15.5. The van der Waals surface area contributed by atoms with Gasteiger partial charge >= 0.3 is 5.97 Å². The van der Waals surface area contributed by atoms with Crippen molar-refractivity contribution in [2.75, 3.05) is 20.2 Å². The molecule has 3 N–H and O–H groups in total. The number of rotatable bonds is 12. The molecule has 0 heterocycles. The minimum Gasteiger partial charge on any atom is -0.481 e. The Morgan fingerprint density at radius 2 is 1.46 bits per heavy atom. The molecule has 0 radical (unpaired) electrons. The first-order valence-electron chi connectivity index (χ1n) is 9.39. The quantitative estimate of drug-likeness (QED) is 0.490. The normalized spacial score (nSPS) is 13.6. The lowest BCUT2D eigenvalue weighted by Gasteiger charge is -2.32. The van der Waals surface area contributed by atoms with Crippen molar-refractivity contribution in [1.82, 2.24) is 10.6 Å². The Bertz CT molecular complexity index is 482. The SMILES string of the molecule is CNC(C)(C)CCOC(C)(C)CCNC(=O)C(C)(C)CC(C)(C)C(=O)O. The largest absolute Gasteiger partial charge is 0.481 e. The molecule has 0 aromatic heterocycles. The highest BCUT2D eigenvalue weighted by Crippen LogP contribution is 2.34. The minimum atomic E-state index is -0.941. The van der Waals surface area contributed by atoms with E-state index in [2.05, 4.69) is 24.5 Å². The Hall–Kier alpha value is -1.14. The van der Waals surface area contributed by atoms with Crippen LogP contribution in [0.3, 0.4) is 0 Å². The first-order valence-corrected chi connectivity index (χ1v) is 9.39. The van der Waals surface area contributed by atoms with Crippen LogP contribution in [0, 0.1) is 10.8 Å². The van der Waals surface area contributed by atoms with Gasteiger partial charge in [0.2, 0.25) is 5.91 Å². The fourth-order valence-electron chi connectivity index (χ4n) is 2.76. The smallest absolute Gasteiger partial charge is 0.309 e. The Balaban J connectivity index is 4.43. The first kappa shape index (κ1) is 24.9. The van der Waals surface area contributed by atoms with Gasteiger partial charge in [0.25, 0.3) is 0 Å². The summed E-state index contributed by atoms with van der Waals surface area (Å²) < 4.78 is 5.98. The monoisotopic (exact) mass is 372 g/mol. The van der Waals surface area contributed by atoms with Crippen LogP contribution in [-0.2, 0) is 14.3 Å². The second-order valence-corrected chi connectivity index (χ2v) is 9.75. The van der Waals surface area contributed by atoms with E-state index in [0.29, 0.717) is 19.6 Å². The Morgan fingerprint density at radius 3 is 1.92 bits per heavy atom. The average molecular weight is 373 g/mol. The maximum Gasteiger partial charge on any atom is 0.309 e. The molecule has 0 aliphatic rings. The number of aliphatic carboxylic acids is 1. The number of carbonyl (C=O) groups excluding carboxylic acids is 1. The second-order valence-electron chi connectivity index (χ2n) is 9.75. The molecule has 0 unspecified atom stereocenters. The predicted molar refractivity (Wildman–Crippen MR) is 105 cm³/mol. The van der Waals surface area contributed by atoms with Crippen molar-refractivity contribution in [2.24, 2.45) is 10.8 Å². The number of carboxylic acids is 1. The number of carbonyl (C=O) groups is 2. The summed E-state index contributed by atoms with van der Waals surface area (Å²) in [7, 11) is 1.94. The molecule has 26 heavy (non-hydrogen) atoms. The molecule has 0 aromatic rings. The van der Waals surface area contributed by atoms with E-state index in [1.54, 1.807) is 27.7 Å². The maximum absolute atomic E-state index is 12.5. The van der Waals surface area contributed by atoms with Crippen LogP contribution < -0.4 is 10.6 Å². The number of nitrogens with one attached hydrogen (secondary N) is 2. The summed E-state index contributed by atoms with van der Waals surface area (Å²) in [6.07, 6.45) is 1.87. The summed E-state index contributed by atoms with van der Waals surface area (Å²) in [4.78, 5) is 23.8. The number of amides is 1. The molecule has 0 spiro atoms. The third kappa shape index (κ3) is 8.99. The number of ether oxygens (including phenoxy) is 1. The molecular formula is C20H40N2O4. The maximum atomic E-state index is 12.5. The van der Waals surface area contributed by atoms with Gasteiger partial charge in [0.05, 0.1) is 11.0 Å². The molecule has 6 nitrogen and oxygen atoms in total. The molecular weight excluding hydrogens is 332 g/mol. The molecule has 0 saturated carbocycles. The lowest BCUT2D eigenvalue weighted by Crippen LogP contribution is -2.43.